The van der Waals surface area contributed by atoms with Gasteiger partial charge in [0.15, 0.2) is 12.6 Å². The standard InChI is InChI=1S/C25H44O11/c1-11-8-14(27)9-25(4,5)15(11)7-6-12(2)33-24-22(20(31)18(29)16(10-26)35-24)36-23-21(32)19(30)17(28)13(3)34-23/h12-14,16-24,26-32H,6-10H2,1-5H3/t12-,13-,14+,16+,17-,18+,19+,20-,21+,22+,23-,24+/m0/s1. The summed E-state index contributed by atoms with van der Waals surface area (Å²) in [5.74, 6) is 0. The lowest BCUT2D eigenvalue weighted by Gasteiger charge is -2.46. The molecule has 3 aliphatic rings. The minimum atomic E-state index is -1.62. The van der Waals surface area contributed by atoms with E-state index in [0.717, 1.165) is 6.42 Å². The molecule has 2 heterocycles. The first-order valence-electron chi connectivity index (χ1n) is 12.8. The maximum absolute atomic E-state index is 10.8. The van der Waals surface area contributed by atoms with Crippen LogP contribution in [0.4, 0.5) is 0 Å². The van der Waals surface area contributed by atoms with Gasteiger partial charge in [-0.05, 0) is 51.9 Å². The second kappa shape index (κ2) is 12.0. The molecule has 2 fully saturated rings. The molecule has 0 unspecified atom stereocenters. The Morgan fingerprint density at radius 3 is 2.22 bits per heavy atom. The van der Waals surface area contributed by atoms with Crippen molar-refractivity contribution in [1.82, 2.24) is 0 Å². The van der Waals surface area contributed by atoms with Gasteiger partial charge in [0, 0.05) is 0 Å². The van der Waals surface area contributed by atoms with Crippen molar-refractivity contribution in [1.29, 1.82) is 0 Å². The minimum absolute atomic E-state index is 0.146. The zero-order valence-electron chi connectivity index (χ0n) is 21.7. The number of ether oxygens (including phenoxy) is 4. The maximum atomic E-state index is 10.8. The Morgan fingerprint density at radius 1 is 0.944 bits per heavy atom. The van der Waals surface area contributed by atoms with Gasteiger partial charge in [-0.1, -0.05) is 25.0 Å². The second-order valence-electron chi connectivity index (χ2n) is 11.2. The zero-order chi connectivity index (χ0) is 26.9. The Bertz CT molecular complexity index is 758. The maximum Gasteiger partial charge on any atom is 0.187 e. The molecule has 210 valence electrons. The van der Waals surface area contributed by atoms with Crippen LogP contribution in [-0.2, 0) is 18.9 Å². The number of aliphatic hydroxyl groups is 7. The smallest absolute Gasteiger partial charge is 0.187 e. The molecule has 2 saturated heterocycles. The monoisotopic (exact) mass is 520 g/mol. The Hall–Kier alpha value is -0.700. The van der Waals surface area contributed by atoms with Crippen LogP contribution in [-0.4, -0.2) is 116 Å². The fraction of sp³-hybridized carbons (Fsp3) is 0.920. The van der Waals surface area contributed by atoms with E-state index >= 15 is 0 Å². The van der Waals surface area contributed by atoms with Gasteiger partial charge in [-0.2, -0.15) is 0 Å². The number of hydrogen-bond donors (Lipinski definition) is 7. The average molecular weight is 521 g/mol. The Balaban J connectivity index is 1.71. The third-order valence-corrected chi connectivity index (χ3v) is 7.71. The molecule has 0 spiro atoms. The van der Waals surface area contributed by atoms with E-state index in [1.54, 1.807) is 0 Å². The van der Waals surface area contributed by atoms with Crippen molar-refractivity contribution in [2.24, 2.45) is 5.41 Å². The molecule has 12 atom stereocenters. The third kappa shape index (κ3) is 6.47. The molecule has 1 aliphatic carbocycles. The molecule has 7 N–H and O–H groups in total. The van der Waals surface area contributed by atoms with Crippen molar-refractivity contribution in [3.63, 3.8) is 0 Å². The van der Waals surface area contributed by atoms with Gasteiger partial charge in [0.2, 0.25) is 0 Å². The highest BCUT2D eigenvalue weighted by Gasteiger charge is 2.50. The van der Waals surface area contributed by atoms with Crippen molar-refractivity contribution < 1.29 is 54.7 Å². The Morgan fingerprint density at radius 2 is 1.61 bits per heavy atom. The summed E-state index contributed by atoms with van der Waals surface area (Å²) in [5, 5.41) is 71.3. The van der Waals surface area contributed by atoms with Crippen LogP contribution < -0.4 is 0 Å². The van der Waals surface area contributed by atoms with Crippen LogP contribution >= 0.6 is 0 Å². The average Bonchev–Trinajstić information content (AvgIpc) is 2.79. The third-order valence-electron chi connectivity index (χ3n) is 7.71. The summed E-state index contributed by atoms with van der Waals surface area (Å²) in [5.41, 5.74) is 2.29. The summed E-state index contributed by atoms with van der Waals surface area (Å²) < 4.78 is 23.0. The number of aliphatic hydroxyl groups excluding tert-OH is 7. The summed E-state index contributed by atoms with van der Waals surface area (Å²) in [4.78, 5) is 0. The van der Waals surface area contributed by atoms with Crippen molar-refractivity contribution in [3.8, 4) is 0 Å². The summed E-state index contributed by atoms with van der Waals surface area (Å²) in [7, 11) is 0. The molecule has 0 aromatic rings. The van der Waals surface area contributed by atoms with E-state index in [4.69, 9.17) is 18.9 Å². The van der Waals surface area contributed by atoms with Gasteiger partial charge in [0.25, 0.3) is 0 Å². The van der Waals surface area contributed by atoms with Crippen molar-refractivity contribution in [2.45, 2.75) is 134 Å². The first-order chi connectivity index (χ1) is 16.8. The predicted octanol–water partition coefficient (Wildman–Crippen LogP) is -0.679. The molecule has 36 heavy (non-hydrogen) atoms. The summed E-state index contributed by atoms with van der Waals surface area (Å²) in [6, 6.07) is 0. The van der Waals surface area contributed by atoms with E-state index in [1.807, 2.05) is 13.8 Å². The lowest BCUT2D eigenvalue weighted by molar-refractivity contribution is -0.368. The topological polar surface area (TPSA) is 179 Å². The van der Waals surface area contributed by atoms with Crippen LogP contribution in [0.5, 0.6) is 0 Å². The van der Waals surface area contributed by atoms with Gasteiger partial charge in [-0.15, -0.1) is 0 Å². The van der Waals surface area contributed by atoms with Gasteiger partial charge in [0.1, 0.15) is 42.7 Å². The first-order valence-corrected chi connectivity index (χ1v) is 12.8. The van der Waals surface area contributed by atoms with E-state index in [-0.39, 0.29) is 17.6 Å². The molecular weight excluding hydrogens is 476 g/mol. The number of allylic oxidation sites excluding steroid dienone is 1. The molecule has 0 aromatic heterocycles. The van der Waals surface area contributed by atoms with E-state index in [0.29, 0.717) is 19.3 Å². The summed E-state index contributed by atoms with van der Waals surface area (Å²) in [6.07, 6.45) is -11.6. The largest absolute Gasteiger partial charge is 0.394 e. The van der Waals surface area contributed by atoms with Crippen LogP contribution in [0.25, 0.3) is 0 Å². The molecule has 0 aromatic carbocycles. The fourth-order valence-electron chi connectivity index (χ4n) is 5.63. The normalized spacial score (nSPS) is 44.5. The highest BCUT2D eigenvalue weighted by molar-refractivity contribution is 5.24. The van der Waals surface area contributed by atoms with Gasteiger partial charge in [-0.3, -0.25) is 0 Å². The zero-order valence-corrected chi connectivity index (χ0v) is 21.7. The van der Waals surface area contributed by atoms with Crippen LogP contribution in [0.3, 0.4) is 0 Å². The van der Waals surface area contributed by atoms with Gasteiger partial charge in [-0.25, -0.2) is 0 Å². The lowest BCUT2D eigenvalue weighted by atomic mass is 9.70. The molecule has 11 nitrogen and oxygen atoms in total. The van der Waals surface area contributed by atoms with E-state index in [1.165, 1.54) is 18.1 Å². The number of hydrogen-bond acceptors (Lipinski definition) is 11. The van der Waals surface area contributed by atoms with Gasteiger partial charge < -0.3 is 54.7 Å². The molecule has 0 bridgehead atoms. The fourth-order valence-corrected chi connectivity index (χ4v) is 5.63. The SMILES string of the molecule is CC1=C(CC[C@H](C)O[C@@H]2O[C@H](CO)[C@@H](O)[C@H](O)[C@H]2O[C@@H]2O[C@@H](C)[C@H](O)[C@@H](O)[C@H]2O)C(C)(C)C[C@H](O)C1. The molecular formula is C25H44O11. The van der Waals surface area contributed by atoms with Crippen LogP contribution in [0.1, 0.15) is 60.3 Å². The highest BCUT2D eigenvalue weighted by atomic mass is 16.8. The molecule has 11 heteroatoms. The van der Waals surface area contributed by atoms with Crippen LogP contribution in [0.15, 0.2) is 11.1 Å². The van der Waals surface area contributed by atoms with Crippen LogP contribution in [0, 0.1) is 5.41 Å². The second-order valence-corrected chi connectivity index (χ2v) is 11.2. The van der Waals surface area contributed by atoms with Crippen molar-refractivity contribution >= 4 is 0 Å². The predicted molar refractivity (Wildman–Crippen MR) is 126 cm³/mol. The Labute approximate surface area is 212 Å². The number of rotatable bonds is 8. The summed E-state index contributed by atoms with van der Waals surface area (Å²) in [6.45, 7) is 9.02. The van der Waals surface area contributed by atoms with Crippen LogP contribution in [0.2, 0.25) is 0 Å². The molecule has 0 radical (unpaired) electrons. The molecule has 3 rings (SSSR count). The van der Waals surface area contributed by atoms with Gasteiger partial charge >= 0.3 is 0 Å². The van der Waals surface area contributed by atoms with Crippen molar-refractivity contribution in [3.05, 3.63) is 11.1 Å². The summed E-state index contributed by atoms with van der Waals surface area (Å²) >= 11 is 0. The minimum Gasteiger partial charge on any atom is -0.394 e. The lowest BCUT2D eigenvalue weighted by Crippen LogP contribution is -2.64. The van der Waals surface area contributed by atoms with E-state index < -0.39 is 68.0 Å². The highest BCUT2D eigenvalue weighted by Crippen LogP contribution is 2.43. The van der Waals surface area contributed by atoms with Crippen molar-refractivity contribution in [2.75, 3.05) is 6.61 Å². The first kappa shape index (κ1) is 29.9. The molecule has 2 aliphatic heterocycles. The molecule has 0 amide bonds. The van der Waals surface area contributed by atoms with E-state index in [9.17, 15) is 35.7 Å². The quantitative estimate of drug-likeness (QED) is 0.202. The van der Waals surface area contributed by atoms with Gasteiger partial charge in [0.05, 0.1) is 24.9 Å². The molecule has 0 saturated carbocycles. The van der Waals surface area contributed by atoms with E-state index in [2.05, 4.69) is 13.8 Å². The Kier molecular flexibility index (Phi) is 9.95.